The number of nitrogens with one attached hydrogen (secondary N) is 1. The Morgan fingerprint density at radius 1 is 1.59 bits per heavy atom. The van der Waals surface area contributed by atoms with Crippen LogP contribution in [-0.4, -0.2) is 30.2 Å². The first kappa shape index (κ1) is 13.5. The molecule has 0 radical (unpaired) electrons. The van der Waals surface area contributed by atoms with E-state index in [4.69, 9.17) is 17.0 Å². The van der Waals surface area contributed by atoms with Gasteiger partial charge in [-0.15, -0.1) is 0 Å². The molecular formula is C11H14N2O3S. The zero-order valence-corrected chi connectivity index (χ0v) is 10.5. The van der Waals surface area contributed by atoms with Gasteiger partial charge in [0.2, 0.25) is 0 Å². The number of ether oxygens (including phenoxy) is 1. The van der Waals surface area contributed by atoms with Crippen molar-refractivity contribution in [2.75, 3.05) is 20.3 Å². The lowest BCUT2D eigenvalue weighted by atomic mass is 10.1. The van der Waals surface area contributed by atoms with Crippen molar-refractivity contribution < 1.29 is 9.66 Å². The number of nitro benzene ring substituents is 1. The van der Waals surface area contributed by atoms with Gasteiger partial charge in [0.1, 0.15) is 4.99 Å². The van der Waals surface area contributed by atoms with Crippen molar-refractivity contribution >= 4 is 22.9 Å². The molecule has 1 aromatic rings. The molecule has 0 unspecified atom stereocenters. The second kappa shape index (κ2) is 6.27. The minimum absolute atomic E-state index is 0.0818. The molecule has 0 fully saturated rings. The zero-order chi connectivity index (χ0) is 12.8. The largest absolute Gasteiger partial charge is 0.383 e. The van der Waals surface area contributed by atoms with Gasteiger partial charge in [0.05, 0.1) is 11.5 Å². The molecule has 1 rings (SSSR count). The quantitative estimate of drug-likeness (QED) is 0.376. The van der Waals surface area contributed by atoms with E-state index >= 15 is 0 Å². The van der Waals surface area contributed by atoms with Crippen molar-refractivity contribution in [2.24, 2.45) is 0 Å². The van der Waals surface area contributed by atoms with Gasteiger partial charge in [0, 0.05) is 30.8 Å². The molecule has 0 saturated carbocycles. The van der Waals surface area contributed by atoms with Crippen molar-refractivity contribution in [2.45, 2.75) is 6.92 Å². The first-order valence-electron chi connectivity index (χ1n) is 5.08. The molecule has 0 atom stereocenters. The fourth-order valence-corrected chi connectivity index (χ4v) is 1.55. The maximum atomic E-state index is 10.8. The summed E-state index contributed by atoms with van der Waals surface area (Å²) < 4.78 is 4.88. The average Bonchev–Trinajstić information content (AvgIpc) is 2.29. The molecule has 0 amide bonds. The van der Waals surface area contributed by atoms with Crippen molar-refractivity contribution in [3.05, 3.63) is 39.4 Å². The molecular weight excluding hydrogens is 240 g/mol. The summed E-state index contributed by atoms with van der Waals surface area (Å²) in [5, 5.41) is 13.7. The molecule has 0 bridgehead atoms. The Balaban J connectivity index is 2.81. The molecule has 1 aromatic carbocycles. The van der Waals surface area contributed by atoms with E-state index < -0.39 is 4.92 Å². The van der Waals surface area contributed by atoms with Gasteiger partial charge in [-0.1, -0.05) is 24.4 Å². The van der Waals surface area contributed by atoms with Gasteiger partial charge >= 0.3 is 0 Å². The summed E-state index contributed by atoms with van der Waals surface area (Å²) in [6.45, 7) is 2.81. The van der Waals surface area contributed by atoms with E-state index in [1.807, 2.05) is 0 Å². The smallest absolute Gasteiger partial charge is 0.273 e. The summed E-state index contributed by atoms with van der Waals surface area (Å²) in [4.78, 5) is 10.9. The van der Waals surface area contributed by atoms with Crippen molar-refractivity contribution in [3.8, 4) is 0 Å². The third-order valence-electron chi connectivity index (χ3n) is 2.26. The molecule has 0 aliphatic carbocycles. The van der Waals surface area contributed by atoms with Gasteiger partial charge < -0.3 is 10.1 Å². The van der Waals surface area contributed by atoms with E-state index in [0.29, 0.717) is 29.3 Å². The molecule has 1 N–H and O–H groups in total. The normalized spacial score (nSPS) is 10.0. The SMILES string of the molecule is COCCNC(=S)c1ccc(C)c([N+](=O)[O-])c1. The van der Waals surface area contributed by atoms with Gasteiger partial charge in [-0.25, -0.2) is 0 Å². The molecule has 0 spiro atoms. The lowest BCUT2D eigenvalue weighted by molar-refractivity contribution is -0.385. The van der Waals surface area contributed by atoms with Gasteiger partial charge in [-0.3, -0.25) is 10.1 Å². The second-order valence-electron chi connectivity index (χ2n) is 3.51. The van der Waals surface area contributed by atoms with Gasteiger partial charge in [-0.05, 0) is 6.92 Å². The number of benzene rings is 1. The predicted octanol–water partition coefficient (Wildman–Crippen LogP) is 1.81. The number of thiocarbonyl (C=S) groups is 1. The molecule has 17 heavy (non-hydrogen) atoms. The summed E-state index contributed by atoms with van der Waals surface area (Å²) in [5.74, 6) is 0. The molecule has 0 aliphatic heterocycles. The number of hydrogen-bond donors (Lipinski definition) is 1. The highest BCUT2D eigenvalue weighted by molar-refractivity contribution is 7.80. The average molecular weight is 254 g/mol. The third-order valence-corrected chi connectivity index (χ3v) is 2.64. The molecule has 5 nitrogen and oxygen atoms in total. The monoisotopic (exact) mass is 254 g/mol. The third kappa shape index (κ3) is 3.76. The van der Waals surface area contributed by atoms with E-state index in [-0.39, 0.29) is 5.69 Å². The Morgan fingerprint density at radius 3 is 2.88 bits per heavy atom. The van der Waals surface area contributed by atoms with Crippen molar-refractivity contribution in [3.63, 3.8) is 0 Å². The van der Waals surface area contributed by atoms with Crippen molar-refractivity contribution in [1.29, 1.82) is 0 Å². The maximum Gasteiger partial charge on any atom is 0.273 e. The van der Waals surface area contributed by atoms with Gasteiger partial charge in [0.15, 0.2) is 0 Å². The van der Waals surface area contributed by atoms with Crippen LogP contribution >= 0.6 is 12.2 Å². The van der Waals surface area contributed by atoms with Crippen molar-refractivity contribution in [1.82, 2.24) is 5.32 Å². The molecule has 92 valence electrons. The predicted molar refractivity (Wildman–Crippen MR) is 69.4 cm³/mol. The van der Waals surface area contributed by atoms with Crippen LogP contribution in [0.1, 0.15) is 11.1 Å². The highest BCUT2D eigenvalue weighted by atomic mass is 32.1. The van der Waals surface area contributed by atoms with E-state index in [9.17, 15) is 10.1 Å². The number of nitrogens with zero attached hydrogens (tertiary/aromatic N) is 1. The standard InChI is InChI=1S/C11H14N2O3S/c1-8-3-4-9(7-10(8)13(14)15)11(17)12-5-6-16-2/h3-4,7H,5-6H2,1-2H3,(H,12,17). The minimum atomic E-state index is -0.406. The van der Waals surface area contributed by atoms with Crippen LogP contribution in [0.2, 0.25) is 0 Å². The Hall–Kier alpha value is -1.53. The van der Waals surface area contributed by atoms with E-state index in [1.165, 1.54) is 6.07 Å². The molecule has 6 heteroatoms. The Bertz CT molecular complexity index is 435. The summed E-state index contributed by atoms with van der Waals surface area (Å²) >= 11 is 5.13. The Morgan fingerprint density at radius 2 is 2.29 bits per heavy atom. The van der Waals surface area contributed by atoms with Crippen LogP contribution < -0.4 is 5.32 Å². The summed E-state index contributed by atoms with van der Waals surface area (Å²) in [5.41, 5.74) is 1.35. The van der Waals surface area contributed by atoms with Crippen LogP contribution in [0.25, 0.3) is 0 Å². The van der Waals surface area contributed by atoms with Crippen LogP contribution in [0.5, 0.6) is 0 Å². The first-order chi connectivity index (χ1) is 8.06. The summed E-state index contributed by atoms with van der Waals surface area (Å²) in [7, 11) is 1.60. The van der Waals surface area contributed by atoms with E-state index in [1.54, 1.807) is 26.2 Å². The zero-order valence-electron chi connectivity index (χ0n) is 9.73. The summed E-state index contributed by atoms with van der Waals surface area (Å²) in [6.07, 6.45) is 0. The van der Waals surface area contributed by atoms with Crippen LogP contribution in [0.4, 0.5) is 5.69 Å². The number of nitro groups is 1. The molecule has 0 aliphatic rings. The first-order valence-corrected chi connectivity index (χ1v) is 5.49. The lowest BCUT2D eigenvalue weighted by Crippen LogP contribution is -2.26. The summed E-state index contributed by atoms with van der Waals surface area (Å²) in [6, 6.07) is 4.94. The number of aryl methyl sites for hydroxylation is 1. The van der Waals surface area contributed by atoms with E-state index in [2.05, 4.69) is 5.32 Å². The van der Waals surface area contributed by atoms with Crippen LogP contribution in [0.15, 0.2) is 18.2 Å². The lowest BCUT2D eigenvalue weighted by Gasteiger charge is -2.07. The highest BCUT2D eigenvalue weighted by Gasteiger charge is 2.12. The Kier molecular flexibility index (Phi) is 4.99. The fourth-order valence-electron chi connectivity index (χ4n) is 1.32. The van der Waals surface area contributed by atoms with Gasteiger partial charge in [0.25, 0.3) is 5.69 Å². The van der Waals surface area contributed by atoms with Crippen LogP contribution in [0, 0.1) is 17.0 Å². The Labute approximate surface area is 105 Å². The van der Waals surface area contributed by atoms with E-state index in [0.717, 1.165) is 0 Å². The number of hydrogen-bond acceptors (Lipinski definition) is 4. The van der Waals surface area contributed by atoms with Crippen LogP contribution in [0.3, 0.4) is 0 Å². The fraction of sp³-hybridized carbons (Fsp3) is 0.364. The minimum Gasteiger partial charge on any atom is -0.383 e. The number of methoxy groups -OCH3 is 1. The highest BCUT2D eigenvalue weighted by Crippen LogP contribution is 2.19. The second-order valence-corrected chi connectivity index (χ2v) is 3.92. The number of rotatable bonds is 5. The molecule has 0 saturated heterocycles. The topological polar surface area (TPSA) is 64.4 Å². The maximum absolute atomic E-state index is 10.8. The van der Waals surface area contributed by atoms with Crippen LogP contribution in [-0.2, 0) is 4.74 Å². The molecule has 0 heterocycles. The molecule has 0 aromatic heterocycles. The van der Waals surface area contributed by atoms with Gasteiger partial charge in [-0.2, -0.15) is 0 Å².